The maximum atomic E-state index is 13.2. The lowest BCUT2D eigenvalue weighted by Crippen LogP contribution is -2.38. The number of hydrogen-bond donors (Lipinski definition) is 1. The van der Waals surface area contributed by atoms with Crippen molar-refractivity contribution in [3.63, 3.8) is 0 Å². The van der Waals surface area contributed by atoms with Gasteiger partial charge in [-0.05, 0) is 48.6 Å². The van der Waals surface area contributed by atoms with Crippen molar-refractivity contribution >= 4 is 21.9 Å². The van der Waals surface area contributed by atoms with Gasteiger partial charge in [0.2, 0.25) is 10.0 Å². The van der Waals surface area contributed by atoms with Crippen LogP contribution in [-0.4, -0.2) is 43.8 Å². The number of fused-ring (bicyclic) bond motifs is 1. The van der Waals surface area contributed by atoms with E-state index in [0.29, 0.717) is 19.5 Å². The van der Waals surface area contributed by atoms with E-state index in [1.54, 1.807) is 0 Å². The molecule has 0 aromatic heterocycles. The normalized spacial score (nSPS) is 17.8. The van der Waals surface area contributed by atoms with Crippen LogP contribution in [0, 0.1) is 0 Å². The highest BCUT2D eigenvalue weighted by Crippen LogP contribution is 2.25. The van der Waals surface area contributed by atoms with Crippen LogP contribution >= 0.6 is 0 Å². The molecule has 0 atom stereocenters. The minimum Gasteiger partial charge on any atom is -0.452 e. The average Bonchev–Trinajstić information content (AvgIpc) is 2.84. The predicted molar refractivity (Wildman–Crippen MR) is 129 cm³/mol. The predicted octanol–water partition coefficient (Wildman–Crippen LogP) is 3.82. The Hall–Kier alpha value is -2.71. The van der Waals surface area contributed by atoms with E-state index in [0.717, 1.165) is 36.8 Å². The first-order valence-electron chi connectivity index (χ1n) is 12.1. The molecule has 2 aromatic carbocycles. The van der Waals surface area contributed by atoms with E-state index in [2.05, 4.69) is 5.32 Å². The van der Waals surface area contributed by atoms with E-state index in [1.807, 2.05) is 24.3 Å². The van der Waals surface area contributed by atoms with Crippen molar-refractivity contribution in [1.82, 2.24) is 9.62 Å². The smallest absolute Gasteiger partial charge is 0.338 e. The first-order chi connectivity index (χ1) is 16.4. The number of esters is 1. The second kappa shape index (κ2) is 11.1. The van der Waals surface area contributed by atoms with Crippen molar-refractivity contribution < 1.29 is 22.7 Å². The van der Waals surface area contributed by atoms with E-state index in [9.17, 15) is 18.0 Å². The van der Waals surface area contributed by atoms with Crippen LogP contribution in [0.15, 0.2) is 53.4 Å². The summed E-state index contributed by atoms with van der Waals surface area (Å²) >= 11 is 0. The number of hydrogen-bond acceptors (Lipinski definition) is 5. The molecular weight excluding hydrogens is 452 g/mol. The first kappa shape index (κ1) is 24.4. The van der Waals surface area contributed by atoms with Crippen molar-refractivity contribution in [2.75, 3.05) is 13.2 Å². The van der Waals surface area contributed by atoms with Gasteiger partial charge in [0.1, 0.15) is 0 Å². The Kier molecular flexibility index (Phi) is 8.00. The van der Waals surface area contributed by atoms with Gasteiger partial charge in [-0.2, -0.15) is 4.31 Å². The van der Waals surface area contributed by atoms with E-state index in [4.69, 9.17) is 4.74 Å². The van der Waals surface area contributed by atoms with Gasteiger partial charge in [0.25, 0.3) is 5.91 Å². The number of sulfonamides is 1. The molecular formula is C26H32N2O5S. The Balaban J connectivity index is 1.36. The molecule has 1 heterocycles. The zero-order chi connectivity index (χ0) is 24.0. The van der Waals surface area contributed by atoms with Crippen LogP contribution in [0.5, 0.6) is 0 Å². The zero-order valence-electron chi connectivity index (χ0n) is 19.4. The Labute approximate surface area is 201 Å². The second-order valence-electron chi connectivity index (χ2n) is 9.07. The zero-order valence-corrected chi connectivity index (χ0v) is 20.2. The largest absolute Gasteiger partial charge is 0.452 e. The third kappa shape index (κ3) is 6.04. The summed E-state index contributed by atoms with van der Waals surface area (Å²) < 4.78 is 33.1. The molecule has 1 fully saturated rings. The molecule has 0 radical (unpaired) electrons. The van der Waals surface area contributed by atoms with Crippen LogP contribution in [0.3, 0.4) is 0 Å². The van der Waals surface area contributed by atoms with Crippen molar-refractivity contribution in [2.45, 2.75) is 68.8 Å². The highest BCUT2D eigenvalue weighted by Gasteiger charge is 2.29. The van der Waals surface area contributed by atoms with Crippen molar-refractivity contribution in [3.05, 3.63) is 65.2 Å². The van der Waals surface area contributed by atoms with E-state index in [-0.39, 0.29) is 29.0 Å². The number of benzene rings is 2. The monoisotopic (exact) mass is 484 g/mol. The van der Waals surface area contributed by atoms with Gasteiger partial charge in [-0.25, -0.2) is 13.2 Å². The lowest BCUT2D eigenvalue weighted by atomic mass is 9.97. The van der Waals surface area contributed by atoms with Crippen LogP contribution in [0.25, 0.3) is 0 Å². The lowest BCUT2D eigenvalue weighted by molar-refractivity contribution is -0.125. The molecule has 0 spiro atoms. The Morgan fingerprint density at radius 3 is 2.41 bits per heavy atom. The van der Waals surface area contributed by atoms with Crippen molar-refractivity contribution in [2.24, 2.45) is 0 Å². The van der Waals surface area contributed by atoms with Crippen LogP contribution in [0.1, 0.15) is 66.4 Å². The fraction of sp³-hybridized carbons (Fsp3) is 0.462. The SMILES string of the molecule is O=C(COC(=O)c1cccc(S(=O)(=O)N2CCc3ccccc3C2)c1)NC1CCCCCCC1. The summed E-state index contributed by atoms with van der Waals surface area (Å²) in [4.78, 5) is 24.9. The molecule has 7 nitrogen and oxygen atoms in total. The Morgan fingerprint density at radius 2 is 1.65 bits per heavy atom. The van der Waals surface area contributed by atoms with Gasteiger partial charge >= 0.3 is 5.97 Å². The molecule has 1 aliphatic heterocycles. The fourth-order valence-corrected chi connectivity index (χ4v) is 6.16. The number of nitrogens with zero attached hydrogens (tertiary/aromatic N) is 1. The summed E-state index contributed by atoms with van der Waals surface area (Å²) in [6.45, 7) is 0.305. The van der Waals surface area contributed by atoms with Gasteiger partial charge in [-0.3, -0.25) is 4.79 Å². The highest BCUT2D eigenvalue weighted by atomic mass is 32.2. The van der Waals surface area contributed by atoms with Gasteiger partial charge in [-0.15, -0.1) is 0 Å². The number of carbonyl (C=O) groups excluding carboxylic acids is 2. The molecule has 1 aliphatic carbocycles. The maximum absolute atomic E-state index is 13.2. The van der Waals surface area contributed by atoms with Gasteiger partial charge in [0.15, 0.2) is 6.61 Å². The number of carbonyl (C=O) groups is 2. The van der Waals surface area contributed by atoms with E-state index >= 15 is 0 Å². The van der Waals surface area contributed by atoms with E-state index < -0.39 is 16.0 Å². The number of rotatable bonds is 6. The van der Waals surface area contributed by atoms with Crippen LogP contribution in [0.2, 0.25) is 0 Å². The molecule has 2 aliphatic rings. The molecule has 0 bridgehead atoms. The van der Waals surface area contributed by atoms with Gasteiger partial charge in [0.05, 0.1) is 10.5 Å². The Bertz CT molecular complexity index is 1120. The Morgan fingerprint density at radius 1 is 0.941 bits per heavy atom. The molecule has 1 saturated carbocycles. The van der Waals surface area contributed by atoms with Gasteiger partial charge in [0, 0.05) is 19.1 Å². The van der Waals surface area contributed by atoms with Gasteiger partial charge in [-0.1, -0.05) is 62.4 Å². The third-order valence-electron chi connectivity index (χ3n) is 6.61. The number of amides is 1. The molecule has 0 unspecified atom stereocenters. The molecule has 0 saturated heterocycles. The molecule has 182 valence electrons. The van der Waals surface area contributed by atoms with Crippen LogP contribution in [-0.2, 0) is 32.5 Å². The topological polar surface area (TPSA) is 92.8 Å². The van der Waals surface area contributed by atoms with E-state index in [1.165, 1.54) is 47.8 Å². The molecule has 2 aromatic rings. The fourth-order valence-electron chi connectivity index (χ4n) is 4.69. The maximum Gasteiger partial charge on any atom is 0.338 e. The van der Waals surface area contributed by atoms with Crippen molar-refractivity contribution in [3.8, 4) is 0 Å². The third-order valence-corrected chi connectivity index (χ3v) is 8.45. The molecule has 1 N–H and O–H groups in total. The summed E-state index contributed by atoms with van der Waals surface area (Å²) in [6.07, 6.45) is 8.34. The molecule has 34 heavy (non-hydrogen) atoms. The summed E-state index contributed by atoms with van der Waals surface area (Å²) in [5.41, 5.74) is 2.25. The minimum absolute atomic E-state index is 0.0419. The second-order valence-corrected chi connectivity index (χ2v) is 11.0. The molecule has 8 heteroatoms. The highest BCUT2D eigenvalue weighted by molar-refractivity contribution is 7.89. The molecule has 4 rings (SSSR count). The number of ether oxygens (including phenoxy) is 1. The first-order valence-corrected chi connectivity index (χ1v) is 13.5. The van der Waals surface area contributed by atoms with Crippen LogP contribution < -0.4 is 5.32 Å². The van der Waals surface area contributed by atoms with Gasteiger partial charge < -0.3 is 10.1 Å². The van der Waals surface area contributed by atoms with Crippen LogP contribution in [0.4, 0.5) is 0 Å². The number of nitrogens with one attached hydrogen (secondary N) is 1. The summed E-state index contributed by atoms with van der Waals surface area (Å²) in [6, 6.07) is 13.8. The minimum atomic E-state index is -3.77. The summed E-state index contributed by atoms with van der Waals surface area (Å²) in [5.74, 6) is -1.04. The standard InChI is InChI=1S/C26H32N2O5S/c29-25(27-23-12-4-2-1-3-5-13-23)19-33-26(30)21-11-8-14-24(17-21)34(31,32)28-16-15-20-9-6-7-10-22(20)18-28/h6-11,14,17,23H,1-5,12-13,15-16,18-19H2,(H,27,29). The summed E-state index contributed by atoms with van der Waals surface area (Å²) in [7, 11) is -3.77. The quantitative estimate of drug-likeness (QED) is 0.630. The lowest BCUT2D eigenvalue weighted by Gasteiger charge is -2.28. The van der Waals surface area contributed by atoms with Crippen molar-refractivity contribution in [1.29, 1.82) is 0 Å². The summed E-state index contributed by atoms with van der Waals surface area (Å²) in [5, 5.41) is 2.96. The molecule has 1 amide bonds. The average molecular weight is 485 g/mol.